The van der Waals surface area contributed by atoms with Crippen molar-refractivity contribution in [2.75, 3.05) is 0 Å². The fraction of sp³-hybridized carbons (Fsp3) is 0. The maximum atomic E-state index is 9.11. The first-order chi connectivity index (χ1) is 22.2. The van der Waals surface area contributed by atoms with Crippen LogP contribution in [0.4, 0.5) is 0 Å². The lowest BCUT2D eigenvalue weighted by atomic mass is 9.97. The molecular weight excluding hydrogens is 548 g/mol. The lowest BCUT2D eigenvalue weighted by Gasteiger charge is -2.07. The minimum absolute atomic E-state index is 0.661. The quantitative estimate of drug-likeness (QED) is 0.205. The van der Waals surface area contributed by atoms with Gasteiger partial charge in [0.25, 0.3) is 0 Å². The monoisotopic (exact) mass is 574 g/mol. The summed E-state index contributed by atoms with van der Waals surface area (Å²) in [6.45, 7) is 0. The van der Waals surface area contributed by atoms with E-state index in [1.54, 1.807) is 0 Å². The molecule has 3 heteroatoms. The Kier molecular flexibility index (Phi) is 6.52. The number of aromatic nitrogens is 1. The Morgan fingerprint density at radius 3 is 1.42 bits per heavy atom. The molecular formula is C42H26N2O. The standard InChI is InChI=1S/C42H26N2O/c43-26-28-12-14-29(15-13-28)30-16-20-32(21-17-30)36-8-4-10-38-39-11-5-9-37(42(39)45-41(36)38)33-22-18-31(19-23-33)35-24-25-40(44-27-35)34-6-2-1-3-7-34/h1-25,27H. The smallest absolute Gasteiger partial charge is 0.143 e. The van der Waals surface area contributed by atoms with E-state index in [1.165, 1.54) is 0 Å². The first kappa shape index (κ1) is 26.4. The number of benzene rings is 6. The molecule has 0 saturated carbocycles. The molecule has 0 saturated heterocycles. The summed E-state index contributed by atoms with van der Waals surface area (Å²) in [5.41, 5.74) is 13.2. The van der Waals surface area contributed by atoms with Crippen molar-refractivity contribution in [1.82, 2.24) is 4.98 Å². The number of nitriles is 1. The first-order valence-electron chi connectivity index (χ1n) is 14.9. The molecule has 2 aromatic heterocycles. The fourth-order valence-electron chi connectivity index (χ4n) is 6.04. The molecule has 8 rings (SSSR count). The predicted octanol–water partition coefficient (Wildman–Crippen LogP) is 11.2. The number of pyridine rings is 1. The second-order valence-electron chi connectivity index (χ2n) is 11.1. The van der Waals surface area contributed by atoms with Crippen LogP contribution in [0, 0.1) is 11.3 Å². The first-order valence-corrected chi connectivity index (χ1v) is 14.9. The summed E-state index contributed by atoms with van der Waals surface area (Å²) >= 11 is 0. The third kappa shape index (κ3) is 4.85. The Bertz CT molecular complexity index is 2330. The van der Waals surface area contributed by atoms with Gasteiger partial charge >= 0.3 is 0 Å². The SMILES string of the molecule is N#Cc1ccc(-c2ccc(-c3cccc4c3oc3c(-c5ccc(-c6ccc(-c7ccccc7)nc6)cc5)cccc34)cc2)cc1. The highest BCUT2D eigenvalue weighted by molar-refractivity contribution is 6.13. The van der Waals surface area contributed by atoms with E-state index in [1.807, 2.05) is 48.7 Å². The molecule has 3 nitrogen and oxygen atoms in total. The minimum Gasteiger partial charge on any atom is -0.455 e. The molecule has 6 aromatic carbocycles. The van der Waals surface area contributed by atoms with E-state index in [-0.39, 0.29) is 0 Å². The highest BCUT2D eigenvalue weighted by Gasteiger charge is 2.16. The van der Waals surface area contributed by atoms with Gasteiger partial charge < -0.3 is 4.42 Å². The van der Waals surface area contributed by atoms with Crippen molar-refractivity contribution in [1.29, 1.82) is 5.26 Å². The molecule has 2 heterocycles. The molecule has 8 aromatic rings. The van der Waals surface area contributed by atoms with E-state index < -0.39 is 0 Å². The van der Waals surface area contributed by atoms with Gasteiger partial charge in [-0.05, 0) is 46.0 Å². The van der Waals surface area contributed by atoms with Crippen LogP contribution in [0.5, 0.6) is 0 Å². The second-order valence-corrected chi connectivity index (χ2v) is 11.1. The summed E-state index contributed by atoms with van der Waals surface area (Å²) in [6, 6.07) is 54.1. The topological polar surface area (TPSA) is 49.8 Å². The van der Waals surface area contributed by atoms with Crippen LogP contribution < -0.4 is 0 Å². The lowest BCUT2D eigenvalue weighted by Crippen LogP contribution is -1.85. The lowest BCUT2D eigenvalue weighted by molar-refractivity contribution is 0.671. The Morgan fingerprint density at radius 1 is 0.422 bits per heavy atom. The van der Waals surface area contributed by atoms with E-state index >= 15 is 0 Å². The van der Waals surface area contributed by atoms with Crippen molar-refractivity contribution in [2.45, 2.75) is 0 Å². The minimum atomic E-state index is 0.661. The van der Waals surface area contributed by atoms with Crippen LogP contribution in [0.2, 0.25) is 0 Å². The average molecular weight is 575 g/mol. The Morgan fingerprint density at radius 2 is 0.911 bits per heavy atom. The third-order valence-electron chi connectivity index (χ3n) is 8.43. The molecule has 0 bridgehead atoms. The molecule has 0 aliphatic rings. The van der Waals surface area contributed by atoms with Gasteiger partial charge in [0.05, 0.1) is 17.3 Å². The van der Waals surface area contributed by atoms with Crippen LogP contribution in [-0.4, -0.2) is 4.98 Å². The third-order valence-corrected chi connectivity index (χ3v) is 8.43. The van der Waals surface area contributed by atoms with E-state index in [4.69, 9.17) is 14.7 Å². The summed E-state index contributed by atoms with van der Waals surface area (Å²) in [5.74, 6) is 0. The van der Waals surface area contributed by atoms with Crippen LogP contribution in [0.1, 0.15) is 5.56 Å². The van der Waals surface area contributed by atoms with Crippen molar-refractivity contribution in [3.63, 3.8) is 0 Å². The van der Waals surface area contributed by atoms with Crippen molar-refractivity contribution in [2.24, 2.45) is 0 Å². The molecule has 0 aliphatic heterocycles. The van der Waals surface area contributed by atoms with Crippen molar-refractivity contribution >= 4 is 21.9 Å². The van der Waals surface area contributed by atoms with E-state index in [9.17, 15) is 0 Å². The van der Waals surface area contributed by atoms with E-state index in [0.717, 1.165) is 77.7 Å². The largest absolute Gasteiger partial charge is 0.455 e. The number of para-hydroxylation sites is 2. The maximum absolute atomic E-state index is 9.11. The zero-order valence-corrected chi connectivity index (χ0v) is 24.3. The summed E-state index contributed by atoms with van der Waals surface area (Å²) < 4.78 is 6.69. The van der Waals surface area contributed by atoms with E-state index in [2.05, 4.69) is 115 Å². The molecule has 0 radical (unpaired) electrons. The molecule has 210 valence electrons. The van der Waals surface area contributed by atoms with Gasteiger partial charge in [-0.15, -0.1) is 0 Å². The number of nitrogens with zero attached hydrogens (tertiary/aromatic N) is 2. The van der Waals surface area contributed by atoms with Crippen LogP contribution in [0.15, 0.2) is 162 Å². The van der Waals surface area contributed by atoms with Gasteiger partial charge in [-0.1, -0.05) is 133 Å². The van der Waals surface area contributed by atoms with Gasteiger partial charge in [0.2, 0.25) is 0 Å². The zero-order chi connectivity index (χ0) is 30.2. The zero-order valence-electron chi connectivity index (χ0n) is 24.3. The molecule has 0 fully saturated rings. The van der Waals surface area contributed by atoms with Gasteiger partial charge in [0.15, 0.2) is 0 Å². The average Bonchev–Trinajstić information content (AvgIpc) is 3.52. The van der Waals surface area contributed by atoms with E-state index in [0.29, 0.717) is 5.56 Å². The second kappa shape index (κ2) is 11.1. The normalized spacial score (nSPS) is 11.1. The number of fused-ring (bicyclic) bond motifs is 3. The number of hydrogen-bond acceptors (Lipinski definition) is 3. The van der Waals surface area contributed by atoms with Gasteiger partial charge in [-0.2, -0.15) is 5.26 Å². The Labute approximate surface area is 261 Å². The van der Waals surface area contributed by atoms with Crippen LogP contribution >= 0.6 is 0 Å². The molecule has 0 N–H and O–H groups in total. The van der Waals surface area contributed by atoms with Gasteiger partial charge in [0, 0.05) is 39.2 Å². The molecule has 45 heavy (non-hydrogen) atoms. The van der Waals surface area contributed by atoms with Crippen molar-refractivity contribution < 1.29 is 4.42 Å². The van der Waals surface area contributed by atoms with Crippen molar-refractivity contribution in [3.8, 4) is 61.8 Å². The van der Waals surface area contributed by atoms with Crippen LogP contribution in [-0.2, 0) is 0 Å². The summed E-state index contributed by atoms with van der Waals surface area (Å²) in [4.78, 5) is 4.71. The predicted molar refractivity (Wildman–Crippen MR) is 183 cm³/mol. The Hall–Kier alpha value is -6.24. The molecule has 0 spiro atoms. The highest BCUT2D eigenvalue weighted by Crippen LogP contribution is 2.40. The number of hydrogen-bond donors (Lipinski definition) is 0. The molecule has 0 amide bonds. The summed E-state index contributed by atoms with van der Waals surface area (Å²) in [7, 11) is 0. The highest BCUT2D eigenvalue weighted by atomic mass is 16.3. The molecule has 0 unspecified atom stereocenters. The van der Waals surface area contributed by atoms with Gasteiger partial charge in [-0.3, -0.25) is 4.98 Å². The summed E-state index contributed by atoms with van der Waals surface area (Å²) in [5, 5.41) is 11.3. The number of furan rings is 1. The van der Waals surface area contributed by atoms with Crippen molar-refractivity contribution in [3.05, 3.63) is 163 Å². The molecule has 0 aliphatic carbocycles. The fourth-order valence-corrected chi connectivity index (χ4v) is 6.04. The van der Waals surface area contributed by atoms with Gasteiger partial charge in [-0.25, -0.2) is 0 Å². The maximum Gasteiger partial charge on any atom is 0.143 e. The number of rotatable bonds is 5. The molecule has 0 atom stereocenters. The van der Waals surface area contributed by atoms with Crippen LogP contribution in [0.3, 0.4) is 0 Å². The van der Waals surface area contributed by atoms with Crippen LogP contribution in [0.25, 0.3) is 77.7 Å². The summed E-state index contributed by atoms with van der Waals surface area (Å²) in [6.07, 6.45) is 1.94. The van der Waals surface area contributed by atoms with Gasteiger partial charge in [0.1, 0.15) is 11.2 Å². The Balaban J connectivity index is 1.12.